The molecular formula is C19H32N12O. The molecule has 0 unspecified atom stereocenters. The van der Waals surface area contributed by atoms with Crippen molar-refractivity contribution in [2.24, 2.45) is 59.8 Å². The van der Waals surface area contributed by atoms with Gasteiger partial charge in [0, 0.05) is 29.8 Å². The Morgan fingerprint density at radius 2 is 1.28 bits per heavy atom. The largest absolute Gasteiger partial charge is 0.370 e. The zero-order chi connectivity index (χ0) is 24.1. The second-order valence-corrected chi connectivity index (χ2v) is 6.89. The summed E-state index contributed by atoms with van der Waals surface area (Å²) < 4.78 is 0. The molecule has 0 atom stereocenters. The molecule has 0 aliphatic rings. The zero-order valence-corrected chi connectivity index (χ0v) is 18.4. The molecule has 0 fully saturated rings. The van der Waals surface area contributed by atoms with E-state index >= 15 is 0 Å². The van der Waals surface area contributed by atoms with Crippen LogP contribution in [0.3, 0.4) is 0 Å². The van der Waals surface area contributed by atoms with Crippen LogP contribution in [-0.4, -0.2) is 41.8 Å². The van der Waals surface area contributed by atoms with E-state index in [1.165, 1.54) is 0 Å². The highest BCUT2D eigenvalue weighted by atomic mass is 16.1. The Morgan fingerprint density at radius 1 is 0.750 bits per heavy atom. The van der Waals surface area contributed by atoms with Crippen LogP contribution in [-0.2, 0) is 4.79 Å². The molecule has 0 saturated carbocycles. The fourth-order valence-electron chi connectivity index (χ4n) is 2.50. The summed E-state index contributed by atoms with van der Waals surface area (Å²) in [4.78, 5) is 16.3. The number of hydrogen-bond donors (Lipinski definition) is 7. The topological polar surface area (TPSA) is 247 Å². The normalized spacial score (nSPS) is 11.4. The molecule has 0 saturated heterocycles. The first-order chi connectivity index (χ1) is 15.1. The van der Waals surface area contributed by atoms with Gasteiger partial charge < -0.3 is 39.7 Å². The van der Waals surface area contributed by atoms with Gasteiger partial charge in [-0.2, -0.15) is 10.2 Å². The van der Waals surface area contributed by atoms with Crippen molar-refractivity contribution in [3.8, 4) is 0 Å². The van der Waals surface area contributed by atoms with E-state index in [0.717, 1.165) is 12.8 Å². The highest BCUT2D eigenvalue weighted by Crippen LogP contribution is 2.18. The van der Waals surface area contributed by atoms with Crippen LogP contribution in [0.2, 0.25) is 0 Å². The standard InChI is InChI=1S/C19H32N12O/c1-11(28-30-18(22)23)13-8-14(12(2)29-31-19(24)25)10-15(9-13)27-16(32)6-4-3-5-7-26-17(20)21/h8-10H,3-7H2,1-2H3,(H,27,32)(H4,20,21,26)(H4,22,23,30)(H4,24,25,31)/b28-11+,29-12+. The summed E-state index contributed by atoms with van der Waals surface area (Å²) in [6, 6.07) is 5.32. The fourth-order valence-corrected chi connectivity index (χ4v) is 2.50. The van der Waals surface area contributed by atoms with Crippen molar-refractivity contribution in [1.29, 1.82) is 0 Å². The van der Waals surface area contributed by atoms with Crippen molar-refractivity contribution >= 4 is 40.9 Å². The summed E-state index contributed by atoms with van der Waals surface area (Å²) in [6.45, 7) is 4.00. The number of nitrogens with one attached hydrogen (secondary N) is 1. The molecule has 0 aromatic heterocycles. The number of benzene rings is 1. The van der Waals surface area contributed by atoms with Gasteiger partial charge in [0.05, 0.1) is 11.4 Å². The lowest BCUT2D eigenvalue weighted by molar-refractivity contribution is -0.116. The minimum atomic E-state index is -0.167. The summed E-state index contributed by atoms with van der Waals surface area (Å²) in [5.74, 6) is -0.401. The highest BCUT2D eigenvalue weighted by Gasteiger charge is 2.09. The molecule has 0 spiro atoms. The summed E-state index contributed by atoms with van der Waals surface area (Å²) in [5, 5.41) is 18.2. The van der Waals surface area contributed by atoms with Gasteiger partial charge in [-0.1, -0.05) is 6.42 Å². The Morgan fingerprint density at radius 3 is 1.75 bits per heavy atom. The average Bonchev–Trinajstić information content (AvgIpc) is 2.72. The van der Waals surface area contributed by atoms with Gasteiger partial charge in [-0.25, -0.2) is 0 Å². The van der Waals surface area contributed by atoms with Gasteiger partial charge in [0.25, 0.3) is 0 Å². The number of anilines is 1. The van der Waals surface area contributed by atoms with E-state index in [2.05, 4.69) is 30.7 Å². The van der Waals surface area contributed by atoms with Crippen LogP contribution in [0.1, 0.15) is 50.7 Å². The van der Waals surface area contributed by atoms with Gasteiger partial charge >= 0.3 is 0 Å². The number of unbranched alkanes of at least 4 members (excludes halogenated alkanes) is 2. The maximum Gasteiger partial charge on any atom is 0.224 e. The summed E-state index contributed by atoms with van der Waals surface area (Å²) in [5.41, 5.74) is 34.9. The zero-order valence-electron chi connectivity index (χ0n) is 18.4. The summed E-state index contributed by atoms with van der Waals surface area (Å²) >= 11 is 0. The smallest absolute Gasteiger partial charge is 0.224 e. The molecule has 13 heteroatoms. The molecular weight excluding hydrogens is 412 g/mol. The number of rotatable bonds is 11. The molecule has 0 heterocycles. The lowest BCUT2D eigenvalue weighted by Gasteiger charge is -2.11. The second-order valence-electron chi connectivity index (χ2n) is 6.89. The monoisotopic (exact) mass is 444 g/mol. The van der Waals surface area contributed by atoms with E-state index in [1.807, 2.05) is 0 Å². The maximum atomic E-state index is 12.4. The number of hydrogen-bond acceptors (Lipinski definition) is 6. The van der Waals surface area contributed by atoms with Crippen molar-refractivity contribution in [1.82, 2.24) is 0 Å². The molecule has 32 heavy (non-hydrogen) atoms. The SMILES string of the molecule is C/C(=N\N=C(N)N)c1cc(NC(=O)CCCCCN=C(N)N)cc(/C(C)=N/N=C(N)N)c1. The minimum absolute atomic E-state index is 0.0655. The lowest BCUT2D eigenvalue weighted by Crippen LogP contribution is -2.22. The van der Waals surface area contributed by atoms with Gasteiger partial charge in [-0.3, -0.25) is 9.79 Å². The van der Waals surface area contributed by atoms with Crippen LogP contribution in [0.5, 0.6) is 0 Å². The van der Waals surface area contributed by atoms with E-state index < -0.39 is 0 Å². The number of aliphatic imine (C=N–C) groups is 1. The Labute approximate surface area is 186 Å². The van der Waals surface area contributed by atoms with E-state index in [4.69, 9.17) is 34.4 Å². The number of nitrogens with zero attached hydrogens (tertiary/aromatic N) is 5. The van der Waals surface area contributed by atoms with Crippen LogP contribution in [0, 0.1) is 0 Å². The Bertz CT molecular complexity index is 881. The van der Waals surface area contributed by atoms with Gasteiger partial charge in [-0.15, -0.1) is 10.2 Å². The lowest BCUT2D eigenvalue weighted by atomic mass is 10.0. The first kappa shape index (κ1) is 25.9. The quantitative estimate of drug-likeness (QED) is 0.101. The molecule has 174 valence electrons. The number of amides is 1. The molecule has 1 amide bonds. The van der Waals surface area contributed by atoms with Crippen LogP contribution >= 0.6 is 0 Å². The average molecular weight is 445 g/mol. The molecule has 0 bridgehead atoms. The maximum absolute atomic E-state index is 12.4. The van der Waals surface area contributed by atoms with E-state index in [9.17, 15) is 4.79 Å². The molecule has 1 aromatic carbocycles. The van der Waals surface area contributed by atoms with Crippen molar-refractivity contribution in [3.63, 3.8) is 0 Å². The number of nitrogens with two attached hydrogens (primary N) is 6. The fraction of sp³-hybridized carbons (Fsp3) is 0.368. The van der Waals surface area contributed by atoms with Crippen molar-refractivity contribution in [2.75, 3.05) is 11.9 Å². The van der Waals surface area contributed by atoms with Crippen LogP contribution in [0.4, 0.5) is 5.69 Å². The van der Waals surface area contributed by atoms with Gasteiger partial charge in [0.2, 0.25) is 17.8 Å². The Kier molecular flexibility index (Phi) is 10.7. The van der Waals surface area contributed by atoms with Crippen LogP contribution in [0.25, 0.3) is 0 Å². The Hall–Kier alpha value is -4.16. The van der Waals surface area contributed by atoms with E-state index in [0.29, 0.717) is 47.6 Å². The first-order valence-corrected chi connectivity index (χ1v) is 9.86. The molecule has 13 N–H and O–H groups in total. The van der Waals surface area contributed by atoms with Crippen molar-refractivity contribution < 1.29 is 4.79 Å². The predicted molar refractivity (Wildman–Crippen MR) is 130 cm³/mol. The van der Waals surface area contributed by atoms with Gasteiger partial charge in [0.1, 0.15) is 0 Å². The number of carbonyl (C=O) groups is 1. The summed E-state index contributed by atoms with van der Waals surface area (Å²) in [7, 11) is 0. The van der Waals surface area contributed by atoms with Crippen LogP contribution in [0.15, 0.2) is 43.6 Å². The molecule has 13 nitrogen and oxygen atoms in total. The van der Waals surface area contributed by atoms with Crippen LogP contribution < -0.4 is 39.7 Å². The molecule has 1 aromatic rings. The van der Waals surface area contributed by atoms with Crippen molar-refractivity contribution in [2.45, 2.75) is 39.5 Å². The second kappa shape index (κ2) is 13.2. The number of carbonyl (C=O) groups excluding carboxylic acids is 1. The summed E-state index contributed by atoms with van der Waals surface area (Å²) in [6.07, 6.45) is 2.67. The molecule has 0 aliphatic heterocycles. The molecule has 0 aliphatic carbocycles. The van der Waals surface area contributed by atoms with E-state index in [-0.39, 0.29) is 23.8 Å². The molecule has 1 rings (SSSR count). The first-order valence-electron chi connectivity index (χ1n) is 9.86. The third kappa shape index (κ3) is 10.6. The third-order valence-corrected chi connectivity index (χ3v) is 4.04. The van der Waals surface area contributed by atoms with Gasteiger partial charge in [0.15, 0.2) is 5.96 Å². The highest BCUT2D eigenvalue weighted by molar-refractivity contribution is 6.06. The van der Waals surface area contributed by atoms with E-state index in [1.54, 1.807) is 32.0 Å². The minimum Gasteiger partial charge on any atom is -0.370 e. The number of guanidine groups is 3. The predicted octanol–water partition coefficient (Wildman–Crippen LogP) is -0.546. The molecule has 0 radical (unpaired) electrons. The third-order valence-electron chi connectivity index (χ3n) is 4.04. The van der Waals surface area contributed by atoms with Gasteiger partial charge in [-0.05, 0) is 44.9 Å². The van der Waals surface area contributed by atoms with Crippen molar-refractivity contribution in [3.05, 3.63) is 29.3 Å². The Balaban J connectivity index is 3.01.